The normalized spacial score (nSPS) is 11.2. The molecule has 2 aromatic carbocycles. The molecule has 106 valence electrons. The van der Waals surface area contributed by atoms with Gasteiger partial charge in [0.05, 0.1) is 19.1 Å². The zero-order valence-electron chi connectivity index (χ0n) is 11.1. The van der Waals surface area contributed by atoms with Crippen molar-refractivity contribution in [3.63, 3.8) is 0 Å². The van der Waals surface area contributed by atoms with Crippen molar-refractivity contribution in [1.82, 2.24) is 0 Å². The average Bonchev–Trinajstić information content (AvgIpc) is 2.38. The van der Waals surface area contributed by atoms with Crippen LogP contribution in [0.15, 0.2) is 42.5 Å². The summed E-state index contributed by atoms with van der Waals surface area (Å²) in [6, 6.07) is 12.5. The summed E-state index contributed by atoms with van der Waals surface area (Å²) in [6.45, 7) is 0. The third-order valence-corrected chi connectivity index (χ3v) is 3.52. The summed E-state index contributed by atoms with van der Waals surface area (Å²) < 4.78 is 30.2. The molecule has 1 N–H and O–H groups in total. The molecule has 0 radical (unpaired) electrons. The Hall–Kier alpha value is -1.72. The molecule has 0 saturated carbocycles. The van der Waals surface area contributed by atoms with Crippen LogP contribution in [0.5, 0.6) is 5.75 Å². The van der Waals surface area contributed by atoms with Crippen LogP contribution in [0.3, 0.4) is 0 Å². The van der Waals surface area contributed by atoms with Crippen molar-refractivity contribution in [2.75, 3.05) is 18.1 Å². The van der Waals surface area contributed by atoms with Crippen LogP contribution in [0, 0.1) is 0 Å². The lowest BCUT2D eigenvalue weighted by molar-refractivity contribution is 0.416. The van der Waals surface area contributed by atoms with E-state index in [1.807, 2.05) is 12.1 Å². The van der Waals surface area contributed by atoms with Crippen LogP contribution < -0.4 is 9.46 Å². The number of halogens is 1. The van der Waals surface area contributed by atoms with Crippen LogP contribution in [0.25, 0.3) is 11.1 Å². The van der Waals surface area contributed by atoms with Crippen LogP contribution >= 0.6 is 11.6 Å². The van der Waals surface area contributed by atoms with E-state index < -0.39 is 10.0 Å². The van der Waals surface area contributed by atoms with Crippen molar-refractivity contribution in [3.8, 4) is 16.9 Å². The molecule has 0 unspecified atom stereocenters. The Labute approximate surface area is 123 Å². The van der Waals surface area contributed by atoms with Gasteiger partial charge in [0.2, 0.25) is 10.0 Å². The van der Waals surface area contributed by atoms with Gasteiger partial charge in [0, 0.05) is 16.7 Å². The lowest BCUT2D eigenvalue weighted by Crippen LogP contribution is -2.09. The second kappa shape index (κ2) is 5.73. The second-order valence-corrected chi connectivity index (χ2v) is 6.48. The van der Waals surface area contributed by atoms with Gasteiger partial charge in [-0.15, -0.1) is 0 Å². The molecule has 0 aliphatic rings. The van der Waals surface area contributed by atoms with E-state index in [0.717, 1.165) is 17.4 Å². The first-order valence-corrected chi connectivity index (χ1v) is 8.08. The first-order valence-electron chi connectivity index (χ1n) is 5.81. The molecule has 0 heterocycles. The Balaban J connectivity index is 2.42. The Morgan fingerprint density at radius 2 is 1.75 bits per heavy atom. The summed E-state index contributed by atoms with van der Waals surface area (Å²) in [7, 11) is -1.77. The van der Waals surface area contributed by atoms with Gasteiger partial charge in [-0.05, 0) is 29.8 Å². The van der Waals surface area contributed by atoms with Crippen LogP contribution in [0.4, 0.5) is 5.69 Å². The largest absolute Gasteiger partial charge is 0.496 e. The van der Waals surface area contributed by atoms with E-state index in [2.05, 4.69) is 4.72 Å². The monoisotopic (exact) mass is 311 g/mol. The second-order valence-electron chi connectivity index (χ2n) is 4.30. The number of rotatable bonds is 4. The molecule has 0 aliphatic carbocycles. The lowest BCUT2D eigenvalue weighted by atomic mass is 10.0. The fourth-order valence-corrected chi connectivity index (χ4v) is 2.52. The van der Waals surface area contributed by atoms with E-state index in [1.165, 1.54) is 0 Å². The van der Waals surface area contributed by atoms with Gasteiger partial charge in [0.1, 0.15) is 5.75 Å². The minimum Gasteiger partial charge on any atom is -0.496 e. The number of hydrogen-bond acceptors (Lipinski definition) is 3. The predicted molar refractivity (Wildman–Crippen MR) is 81.9 cm³/mol. The van der Waals surface area contributed by atoms with Gasteiger partial charge in [-0.3, -0.25) is 4.72 Å². The van der Waals surface area contributed by atoms with Gasteiger partial charge in [-0.25, -0.2) is 8.42 Å². The molecule has 0 spiro atoms. The Bertz CT molecular complexity index is 712. The molecular weight excluding hydrogens is 298 g/mol. The smallest absolute Gasteiger partial charge is 0.229 e. The maximum Gasteiger partial charge on any atom is 0.229 e. The zero-order valence-corrected chi connectivity index (χ0v) is 12.6. The third kappa shape index (κ3) is 3.65. The maximum absolute atomic E-state index is 11.2. The van der Waals surface area contributed by atoms with Gasteiger partial charge in [0.15, 0.2) is 0 Å². The number of sulfonamides is 1. The molecule has 0 atom stereocenters. The third-order valence-electron chi connectivity index (χ3n) is 2.66. The standard InChI is InChI=1S/C14H14ClNO3S/c1-19-14-9-12(16-20(2,17)18)7-8-13(14)10-3-5-11(15)6-4-10/h3-9,16H,1-2H3. The molecule has 20 heavy (non-hydrogen) atoms. The molecule has 2 rings (SSSR count). The van der Waals surface area contributed by atoms with E-state index in [4.69, 9.17) is 16.3 Å². The highest BCUT2D eigenvalue weighted by atomic mass is 35.5. The highest BCUT2D eigenvalue weighted by molar-refractivity contribution is 7.92. The highest BCUT2D eigenvalue weighted by Crippen LogP contribution is 2.33. The van der Waals surface area contributed by atoms with Crippen LogP contribution in [-0.2, 0) is 10.0 Å². The fraction of sp³-hybridized carbons (Fsp3) is 0.143. The molecule has 0 fully saturated rings. The molecule has 0 aliphatic heterocycles. The Kier molecular flexibility index (Phi) is 4.20. The topological polar surface area (TPSA) is 55.4 Å². The summed E-state index contributed by atoms with van der Waals surface area (Å²) in [4.78, 5) is 0. The molecule has 6 heteroatoms. The molecule has 2 aromatic rings. The van der Waals surface area contributed by atoms with Crippen molar-refractivity contribution in [2.24, 2.45) is 0 Å². The molecule has 0 aromatic heterocycles. The summed E-state index contributed by atoms with van der Waals surface area (Å²) in [5.41, 5.74) is 2.27. The predicted octanol–water partition coefficient (Wildman–Crippen LogP) is 3.39. The van der Waals surface area contributed by atoms with Crippen LogP contribution in [0.2, 0.25) is 5.02 Å². The first kappa shape index (κ1) is 14.7. The van der Waals surface area contributed by atoms with Gasteiger partial charge in [-0.2, -0.15) is 0 Å². The SMILES string of the molecule is COc1cc(NS(C)(=O)=O)ccc1-c1ccc(Cl)cc1. The number of hydrogen-bond donors (Lipinski definition) is 1. The van der Waals surface area contributed by atoms with Crippen molar-refractivity contribution < 1.29 is 13.2 Å². The molecule has 4 nitrogen and oxygen atoms in total. The maximum atomic E-state index is 11.2. The van der Waals surface area contributed by atoms with E-state index in [1.54, 1.807) is 37.4 Å². The van der Waals surface area contributed by atoms with E-state index >= 15 is 0 Å². The quantitative estimate of drug-likeness (QED) is 0.941. The van der Waals surface area contributed by atoms with Crippen LogP contribution in [0.1, 0.15) is 0 Å². The number of nitrogens with one attached hydrogen (secondary N) is 1. The van der Waals surface area contributed by atoms with Gasteiger partial charge in [0.25, 0.3) is 0 Å². The van der Waals surface area contributed by atoms with E-state index in [9.17, 15) is 8.42 Å². The minimum atomic E-state index is -3.31. The lowest BCUT2D eigenvalue weighted by Gasteiger charge is -2.11. The minimum absolute atomic E-state index is 0.460. The molecule has 0 saturated heterocycles. The highest BCUT2D eigenvalue weighted by Gasteiger charge is 2.09. The van der Waals surface area contributed by atoms with Crippen molar-refractivity contribution in [2.45, 2.75) is 0 Å². The number of ether oxygens (including phenoxy) is 1. The molecule has 0 bridgehead atoms. The van der Waals surface area contributed by atoms with Crippen molar-refractivity contribution in [1.29, 1.82) is 0 Å². The number of methoxy groups -OCH3 is 1. The van der Waals surface area contributed by atoms with E-state index in [-0.39, 0.29) is 0 Å². The Morgan fingerprint density at radius 1 is 1.10 bits per heavy atom. The van der Waals surface area contributed by atoms with Gasteiger partial charge >= 0.3 is 0 Å². The molecular formula is C14H14ClNO3S. The van der Waals surface area contributed by atoms with E-state index in [0.29, 0.717) is 16.5 Å². The zero-order chi connectivity index (χ0) is 14.8. The summed E-state index contributed by atoms with van der Waals surface area (Å²) in [5, 5.41) is 0.656. The van der Waals surface area contributed by atoms with Crippen molar-refractivity contribution >= 4 is 27.3 Å². The average molecular weight is 312 g/mol. The summed E-state index contributed by atoms with van der Waals surface area (Å²) in [5.74, 6) is 0.584. The summed E-state index contributed by atoms with van der Waals surface area (Å²) in [6.07, 6.45) is 1.10. The van der Waals surface area contributed by atoms with Crippen molar-refractivity contribution in [3.05, 3.63) is 47.5 Å². The Morgan fingerprint density at radius 3 is 2.30 bits per heavy atom. The van der Waals surface area contributed by atoms with Gasteiger partial charge in [-0.1, -0.05) is 23.7 Å². The number of anilines is 1. The first-order chi connectivity index (χ1) is 9.39. The molecule has 0 amide bonds. The number of benzene rings is 2. The summed E-state index contributed by atoms with van der Waals surface area (Å²) >= 11 is 5.86. The van der Waals surface area contributed by atoms with Gasteiger partial charge < -0.3 is 4.74 Å². The van der Waals surface area contributed by atoms with Crippen LogP contribution in [-0.4, -0.2) is 21.8 Å². The fourth-order valence-electron chi connectivity index (χ4n) is 1.84.